The van der Waals surface area contributed by atoms with Crippen molar-refractivity contribution in [2.45, 2.75) is 25.3 Å². The zero-order valence-electron chi connectivity index (χ0n) is 16.1. The Balaban J connectivity index is 2.17. The number of rotatable bonds is 9. The van der Waals surface area contributed by atoms with Gasteiger partial charge in [-0.15, -0.1) is 0 Å². The second kappa shape index (κ2) is 10.0. The molecule has 0 fully saturated rings. The van der Waals surface area contributed by atoms with Gasteiger partial charge in [0, 0.05) is 18.0 Å². The van der Waals surface area contributed by atoms with E-state index in [1.165, 1.54) is 13.2 Å². The Morgan fingerprint density at radius 3 is 2.45 bits per heavy atom. The van der Waals surface area contributed by atoms with E-state index in [9.17, 15) is 22.4 Å². The Bertz CT molecular complexity index is 964. The number of hydrogen-bond donors (Lipinski definition) is 2. The van der Waals surface area contributed by atoms with Crippen LogP contribution in [-0.4, -0.2) is 39.7 Å². The zero-order valence-corrected chi connectivity index (χ0v) is 17.0. The highest BCUT2D eigenvalue weighted by Crippen LogP contribution is 2.18. The van der Waals surface area contributed by atoms with E-state index in [2.05, 4.69) is 10.1 Å². The molecule has 156 valence electrons. The average molecular weight is 422 g/mol. The fraction of sp³-hybridized carbons (Fsp3) is 0.300. The van der Waals surface area contributed by atoms with E-state index < -0.39 is 27.7 Å². The summed E-state index contributed by atoms with van der Waals surface area (Å²) in [6.45, 7) is 0. The predicted molar refractivity (Wildman–Crippen MR) is 108 cm³/mol. The minimum Gasteiger partial charge on any atom is -0.469 e. The van der Waals surface area contributed by atoms with Crippen molar-refractivity contribution < 1.29 is 27.1 Å². The lowest BCUT2D eigenvalue weighted by molar-refractivity contribution is -0.140. The van der Waals surface area contributed by atoms with Crippen molar-refractivity contribution in [3.05, 3.63) is 65.5 Å². The van der Waals surface area contributed by atoms with E-state index >= 15 is 0 Å². The quantitative estimate of drug-likeness (QED) is 0.605. The lowest BCUT2D eigenvalue weighted by Crippen LogP contribution is -2.37. The summed E-state index contributed by atoms with van der Waals surface area (Å²) >= 11 is 0. The number of halogens is 1. The maximum Gasteiger partial charge on any atom is 0.305 e. The first-order chi connectivity index (χ1) is 13.7. The second-order valence-electron chi connectivity index (χ2n) is 6.54. The molecule has 7 nitrogen and oxygen atoms in total. The Hall–Kier alpha value is -2.94. The van der Waals surface area contributed by atoms with Crippen molar-refractivity contribution in [1.29, 1.82) is 0 Å². The molecule has 0 aliphatic rings. The molecule has 0 saturated carbocycles. The first kappa shape index (κ1) is 22.4. The molecule has 9 heteroatoms. The standard InChI is InChI=1S/C20H23FN2O5S/c1-28-19(24)11-9-16(12-14-6-4-3-5-7-14)22-20(25)15-8-10-17(21)18(13-15)23-29(2,26)27/h3-8,10,13,16,23H,9,11-12H2,1-2H3,(H,22,25)/t16-/m1/s1. The molecule has 2 rings (SSSR count). The summed E-state index contributed by atoms with van der Waals surface area (Å²) in [6.07, 6.45) is 1.85. The van der Waals surface area contributed by atoms with E-state index in [-0.39, 0.29) is 23.7 Å². The third-order valence-corrected chi connectivity index (χ3v) is 4.70. The Kier molecular flexibility index (Phi) is 7.72. The minimum absolute atomic E-state index is 0.0914. The SMILES string of the molecule is COC(=O)CC[C@H](Cc1ccccc1)NC(=O)c1ccc(F)c(NS(C)(=O)=O)c1. The highest BCUT2D eigenvalue weighted by Gasteiger charge is 2.18. The van der Waals surface area contributed by atoms with Gasteiger partial charge in [0.15, 0.2) is 0 Å². The van der Waals surface area contributed by atoms with Crippen LogP contribution in [-0.2, 0) is 26.0 Å². The normalized spacial score (nSPS) is 12.1. The summed E-state index contributed by atoms with van der Waals surface area (Å²) in [5.41, 5.74) is 0.754. The lowest BCUT2D eigenvalue weighted by atomic mass is 10.0. The molecule has 1 atom stereocenters. The number of amides is 1. The van der Waals surface area contributed by atoms with Gasteiger partial charge in [-0.2, -0.15) is 0 Å². The number of anilines is 1. The topological polar surface area (TPSA) is 102 Å². The smallest absolute Gasteiger partial charge is 0.305 e. The number of hydrogen-bond acceptors (Lipinski definition) is 5. The average Bonchev–Trinajstić information content (AvgIpc) is 2.67. The maximum atomic E-state index is 13.9. The van der Waals surface area contributed by atoms with E-state index in [4.69, 9.17) is 0 Å². The van der Waals surface area contributed by atoms with Crippen LogP contribution >= 0.6 is 0 Å². The van der Waals surface area contributed by atoms with Crippen LogP contribution in [0.1, 0.15) is 28.8 Å². The van der Waals surface area contributed by atoms with Gasteiger partial charge in [-0.05, 0) is 36.6 Å². The summed E-state index contributed by atoms with van der Waals surface area (Å²) in [6, 6.07) is 12.5. The number of carbonyl (C=O) groups is 2. The largest absolute Gasteiger partial charge is 0.469 e. The fourth-order valence-corrected chi connectivity index (χ4v) is 3.29. The minimum atomic E-state index is -3.70. The van der Waals surface area contributed by atoms with Crippen molar-refractivity contribution >= 4 is 27.6 Å². The number of sulfonamides is 1. The number of ether oxygens (including phenoxy) is 1. The van der Waals surface area contributed by atoms with Gasteiger partial charge in [-0.25, -0.2) is 12.8 Å². The first-order valence-electron chi connectivity index (χ1n) is 8.87. The molecule has 1 amide bonds. The molecule has 2 aromatic rings. The van der Waals surface area contributed by atoms with Gasteiger partial charge >= 0.3 is 5.97 Å². The summed E-state index contributed by atoms with van der Waals surface area (Å²) in [7, 11) is -2.41. The summed E-state index contributed by atoms with van der Waals surface area (Å²) < 4.78 is 43.3. The van der Waals surface area contributed by atoms with Gasteiger partial charge in [-0.1, -0.05) is 30.3 Å². The molecular weight excluding hydrogens is 399 g/mol. The lowest BCUT2D eigenvalue weighted by Gasteiger charge is -2.19. The van der Waals surface area contributed by atoms with Gasteiger partial charge in [0.2, 0.25) is 10.0 Å². The maximum absolute atomic E-state index is 13.9. The number of esters is 1. The van der Waals surface area contributed by atoms with Crippen molar-refractivity contribution in [1.82, 2.24) is 5.32 Å². The molecular formula is C20H23FN2O5S. The van der Waals surface area contributed by atoms with E-state index in [0.717, 1.165) is 24.0 Å². The second-order valence-corrected chi connectivity index (χ2v) is 8.29. The highest BCUT2D eigenvalue weighted by atomic mass is 32.2. The van der Waals surface area contributed by atoms with Gasteiger partial charge in [0.05, 0.1) is 19.1 Å². The predicted octanol–water partition coefficient (Wildman–Crippen LogP) is 2.49. The van der Waals surface area contributed by atoms with Gasteiger partial charge in [0.1, 0.15) is 5.82 Å². The number of nitrogens with one attached hydrogen (secondary N) is 2. The molecule has 0 bridgehead atoms. The van der Waals surface area contributed by atoms with Crippen LogP contribution in [0.4, 0.5) is 10.1 Å². The van der Waals surface area contributed by atoms with Crippen molar-refractivity contribution in [2.24, 2.45) is 0 Å². The molecule has 2 aromatic carbocycles. The Labute approximate surface area is 169 Å². The molecule has 0 radical (unpaired) electrons. The van der Waals surface area contributed by atoms with Crippen LogP contribution in [0, 0.1) is 5.82 Å². The summed E-state index contributed by atoms with van der Waals surface area (Å²) in [5, 5.41) is 2.82. The fourth-order valence-electron chi connectivity index (χ4n) is 2.73. The van der Waals surface area contributed by atoms with Crippen molar-refractivity contribution in [3.8, 4) is 0 Å². The summed E-state index contributed by atoms with van der Waals surface area (Å²) in [4.78, 5) is 24.2. The molecule has 0 saturated heterocycles. The number of methoxy groups -OCH3 is 1. The van der Waals surface area contributed by atoms with Crippen LogP contribution in [0.5, 0.6) is 0 Å². The van der Waals surface area contributed by atoms with Crippen LogP contribution < -0.4 is 10.0 Å². The molecule has 0 spiro atoms. The molecule has 0 unspecified atom stereocenters. The molecule has 0 heterocycles. The Morgan fingerprint density at radius 1 is 1.14 bits per heavy atom. The van der Waals surface area contributed by atoms with Crippen molar-refractivity contribution in [3.63, 3.8) is 0 Å². The molecule has 0 aromatic heterocycles. The molecule has 2 N–H and O–H groups in total. The summed E-state index contributed by atoms with van der Waals surface area (Å²) in [5.74, 6) is -1.69. The van der Waals surface area contributed by atoms with Crippen LogP contribution in [0.25, 0.3) is 0 Å². The van der Waals surface area contributed by atoms with Gasteiger partial charge in [0.25, 0.3) is 5.91 Å². The highest BCUT2D eigenvalue weighted by molar-refractivity contribution is 7.92. The van der Waals surface area contributed by atoms with Crippen molar-refractivity contribution in [2.75, 3.05) is 18.1 Å². The molecule has 29 heavy (non-hydrogen) atoms. The third-order valence-electron chi connectivity index (χ3n) is 4.11. The molecule has 0 aliphatic carbocycles. The molecule has 0 aliphatic heterocycles. The number of benzene rings is 2. The van der Waals surface area contributed by atoms with Gasteiger partial charge < -0.3 is 10.1 Å². The third kappa shape index (κ3) is 7.53. The van der Waals surface area contributed by atoms with E-state index in [1.807, 2.05) is 35.1 Å². The number of carbonyl (C=O) groups excluding carboxylic acids is 2. The Morgan fingerprint density at radius 2 is 1.83 bits per heavy atom. The first-order valence-corrected chi connectivity index (χ1v) is 10.8. The zero-order chi connectivity index (χ0) is 21.4. The van der Waals surface area contributed by atoms with Crippen LogP contribution in [0.15, 0.2) is 48.5 Å². The van der Waals surface area contributed by atoms with Crippen LogP contribution in [0.3, 0.4) is 0 Å². The monoisotopic (exact) mass is 422 g/mol. The van der Waals surface area contributed by atoms with E-state index in [0.29, 0.717) is 12.8 Å². The van der Waals surface area contributed by atoms with Gasteiger partial charge in [-0.3, -0.25) is 14.3 Å². The van der Waals surface area contributed by atoms with E-state index in [1.54, 1.807) is 0 Å². The van der Waals surface area contributed by atoms with Crippen LogP contribution in [0.2, 0.25) is 0 Å².